The lowest BCUT2D eigenvalue weighted by Crippen LogP contribution is -2.33. The molecule has 1 fully saturated rings. The summed E-state index contributed by atoms with van der Waals surface area (Å²) in [6, 6.07) is 0. The summed E-state index contributed by atoms with van der Waals surface area (Å²) in [4.78, 5) is 18.0. The second kappa shape index (κ2) is 9.52. The summed E-state index contributed by atoms with van der Waals surface area (Å²) in [7, 11) is 0. The van der Waals surface area contributed by atoms with E-state index in [0.717, 1.165) is 31.2 Å². The second-order valence-electron chi connectivity index (χ2n) is 4.88. The van der Waals surface area contributed by atoms with Gasteiger partial charge in [0.05, 0.1) is 12.2 Å². The highest BCUT2D eigenvalue weighted by molar-refractivity contribution is 7.13. The van der Waals surface area contributed by atoms with E-state index in [1.165, 1.54) is 24.2 Å². The Balaban J connectivity index is 0.00000180. The molecule has 2 rings (SSSR count). The van der Waals surface area contributed by atoms with Crippen molar-refractivity contribution in [3.05, 3.63) is 11.1 Å². The van der Waals surface area contributed by atoms with Crippen LogP contribution in [0.25, 0.3) is 0 Å². The fourth-order valence-corrected chi connectivity index (χ4v) is 2.98. The molecule has 0 aliphatic carbocycles. The van der Waals surface area contributed by atoms with E-state index in [1.54, 1.807) is 0 Å². The summed E-state index contributed by atoms with van der Waals surface area (Å²) < 4.78 is 0. The van der Waals surface area contributed by atoms with Crippen LogP contribution in [0.1, 0.15) is 25.5 Å². The number of nitrogens with one attached hydrogen (secondary N) is 1. The molecule has 0 spiro atoms. The quantitative estimate of drug-likeness (QED) is 0.880. The van der Waals surface area contributed by atoms with Gasteiger partial charge in [-0.25, -0.2) is 4.98 Å². The lowest BCUT2D eigenvalue weighted by molar-refractivity contribution is -0.114. The monoisotopic (exact) mass is 340 g/mol. The van der Waals surface area contributed by atoms with E-state index in [-0.39, 0.29) is 37.3 Å². The minimum Gasteiger partial charge on any atom is -0.322 e. The molecule has 1 aromatic heterocycles. The molecule has 20 heavy (non-hydrogen) atoms. The minimum absolute atomic E-state index is 0. The third kappa shape index (κ3) is 5.93. The Hall–Kier alpha value is -0.400. The number of anilines is 1. The Kier molecular flexibility index (Phi) is 9.33. The van der Waals surface area contributed by atoms with Crippen molar-refractivity contribution in [1.29, 1.82) is 0 Å². The van der Waals surface area contributed by atoms with Crippen LogP contribution in [-0.2, 0) is 11.3 Å². The van der Waals surface area contributed by atoms with Crippen LogP contribution in [0.5, 0.6) is 0 Å². The summed E-state index contributed by atoms with van der Waals surface area (Å²) in [5.41, 5.74) is 6.28. The van der Waals surface area contributed by atoms with E-state index >= 15 is 0 Å². The van der Waals surface area contributed by atoms with Gasteiger partial charge in [-0.3, -0.25) is 9.69 Å². The molecule has 0 aromatic carbocycles. The summed E-state index contributed by atoms with van der Waals surface area (Å²) in [6.07, 6.45) is 2.59. The van der Waals surface area contributed by atoms with Crippen LogP contribution < -0.4 is 11.1 Å². The predicted molar refractivity (Wildman–Crippen MR) is 88.0 cm³/mol. The molecule has 1 aromatic rings. The number of nitrogens with two attached hydrogens (primary N) is 1. The van der Waals surface area contributed by atoms with Gasteiger partial charge in [-0.15, -0.1) is 36.2 Å². The first-order valence-electron chi connectivity index (χ1n) is 6.34. The number of amides is 1. The van der Waals surface area contributed by atoms with Crippen molar-refractivity contribution in [2.75, 3.05) is 25.0 Å². The van der Waals surface area contributed by atoms with Crippen LogP contribution >= 0.6 is 36.2 Å². The fourth-order valence-electron chi connectivity index (χ4n) is 2.27. The zero-order valence-corrected chi connectivity index (χ0v) is 14.0. The Morgan fingerprint density at radius 2 is 2.35 bits per heavy atom. The predicted octanol–water partition coefficient (Wildman–Crippen LogP) is 2.12. The van der Waals surface area contributed by atoms with Crippen LogP contribution in [0.2, 0.25) is 0 Å². The molecule has 1 aliphatic heterocycles. The largest absolute Gasteiger partial charge is 0.322 e. The van der Waals surface area contributed by atoms with Gasteiger partial charge in [0.2, 0.25) is 5.91 Å². The number of likely N-dealkylation sites (tertiary alicyclic amines) is 1. The number of piperidine rings is 1. The maximum absolute atomic E-state index is 11.1. The lowest BCUT2D eigenvalue weighted by Gasteiger charge is -2.30. The number of thiazole rings is 1. The number of carbonyl (C=O) groups excluding carboxylic acids is 1. The summed E-state index contributed by atoms with van der Waals surface area (Å²) in [5.74, 6) is 0.580. The first-order chi connectivity index (χ1) is 8.67. The van der Waals surface area contributed by atoms with Crippen LogP contribution in [0.3, 0.4) is 0 Å². The zero-order valence-electron chi connectivity index (χ0n) is 11.5. The van der Waals surface area contributed by atoms with Crippen molar-refractivity contribution in [3.63, 3.8) is 0 Å². The smallest absolute Gasteiger partial charge is 0.239 e. The van der Waals surface area contributed by atoms with Gasteiger partial charge in [0, 0.05) is 18.5 Å². The molecule has 8 heteroatoms. The Bertz CT molecular complexity index is 416. The molecular formula is C12H22Cl2N4OS. The first-order valence-corrected chi connectivity index (χ1v) is 7.22. The summed E-state index contributed by atoms with van der Waals surface area (Å²) in [6.45, 7) is 5.45. The molecule has 0 bridgehead atoms. The molecule has 1 unspecified atom stereocenters. The molecule has 2 heterocycles. The average molecular weight is 341 g/mol. The van der Waals surface area contributed by atoms with Crippen LogP contribution in [0.15, 0.2) is 5.38 Å². The molecule has 1 amide bonds. The van der Waals surface area contributed by atoms with E-state index in [0.29, 0.717) is 5.13 Å². The maximum atomic E-state index is 11.1. The molecule has 116 valence electrons. The third-order valence-corrected chi connectivity index (χ3v) is 3.92. The van der Waals surface area contributed by atoms with Crippen molar-refractivity contribution in [2.45, 2.75) is 26.3 Å². The number of hydrogen-bond donors (Lipinski definition) is 2. The average Bonchev–Trinajstić information content (AvgIpc) is 2.76. The molecular weight excluding hydrogens is 319 g/mol. The van der Waals surface area contributed by atoms with Gasteiger partial charge in [0.25, 0.3) is 0 Å². The van der Waals surface area contributed by atoms with Crippen LogP contribution in [-0.4, -0.2) is 35.4 Å². The van der Waals surface area contributed by atoms with Gasteiger partial charge in [-0.1, -0.05) is 6.92 Å². The van der Waals surface area contributed by atoms with E-state index in [4.69, 9.17) is 5.73 Å². The summed E-state index contributed by atoms with van der Waals surface area (Å²) in [5, 5.41) is 5.33. The number of aromatic nitrogens is 1. The number of rotatable bonds is 4. The second-order valence-corrected chi connectivity index (χ2v) is 5.74. The first kappa shape index (κ1) is 19.6. The van der Waals surface area contributed by atoms with Crippen molar-refractivity contribution >= 4 is 47.2 Å². The van der Waals surface area contributed by atoms with E-state index in [2.05, 4.69) is 22.1 Å². The molecule has 0 saturated carbocycles. The minimum atomic E-state index is -0.192. The fraction of sp³-hybridized carbons (Fsp3) is 0.667. The van der Waals surface area contributed by atoms with Gasteiger partial charge >= 0.3 is 0 Å². The summed E-state index contributed by atoms with van der Waals surface area (Å²) >= 11 is 1.46. The van der Waals surface area contributed by atoms with E-state index < -0.39 is 0 Å². The molecule has 1 aliphatic rings. The van der Waals surface area contributed by atoms with Gasteiger partial charge in [0.1, 0.15) is 0 Å². The molecule has 1 atom stereocenters. The SMILES string of the molecule is CC1CCCN(Cc2csc(NC(=O)CN)n2)C1.Cl.Cl. The van der Waals surface area contributed by atoms with Crippen molar-refractivity contribution in [1.82, 2.24) is 9.88 Å². The van der Waals surface area contributed by atoms with Gasteiger partial charge < -0.3 is 11.1 Å². The van der Waals surface area contributed by atoms with Gasteiger partial charge in [-0.05, 0) is 25.3 Å². The third-order valence-electron chi connectivity index (χ3n) is 3.11. The van der Waals surface area contributed by atoms with Crippen LogP contribution in [0, 0.1) is 5.92 Å². The highest BCUT2D eigenvalue weighted by atomic mass is 35.5. The molecule has 5 nitrogen and oxygen atoms in total. The Labute approximate surface area is 136 Å². The number of carbonyl (C=O) groups is 1. The van der Waals surface area contributed by atoms with Crippen LogP contribution in [0.4, 0.5) is 5.13 Å². The number of hydrogen-bond acceptors (Lipinski definition) is 5. The highest BCUT2D eigenvalue weighted by Crippen LogP contribution is 2.20. The normalized spacial score (nSPS) is 18.8. The molecule has 1 saturated heterocycles. The van der Waals surface area contributed by atoms with Crippen molar-refractivity contribution in [2.24, 2.45) is 11.7 Å². The molecule has 3 N–H and O–H groups in total. The van der Waals surface area contributed by atoms with Crippen molar-refractivity contribution < 1.29 is 4.79 Å². The highest BCUT2D eigenvalue weighted by Gasteiger charge is 2.17. The zero-order chi connectivity index (χ0) is 13.0. The standard InChI is InChI=1S/C12H20N4OS.2ClH/c1-9-3-2-4-16(6-9)7-10-8-18-12(14-10)15-11(17)5-13;;/h8-9H,2-7,13H2,1H3,(H,14,15,17);2*1H. The Morgan fingerprint density at radius 3 is 3.00 bits per heavy atom. The van der Waals surface area contributed by atoms with Gasteiger partial charge in [-0.2, -0.15) is 0 Å². The van der Waals surface area contributed by atoms with Gasteiger partial charge in [0.15, 0.2) is 5.13 Å². The van der Waals surface area contributed by atoms with E-state index in [1.807, 2.05) is 5.38 Å². The van der Waals surface area contributed by atoms with Crippen molar-refractivity contribution in [3.8, 4) is 0 Å². The maximum Gasteiger partial charge on any atom is 0.239 e. The lowest BCUT2D eigenvalue weighted by atomic mass is 10.0. The number of halogens is 2. The number of nitrogens with zero attached hydrogens (tertiary/aromatic N) is 2. The Morgan fingerprint density at radius 1 is 1.60 bits per heavy atom. The molecule has 0 radical (unpaired) electrons. The van der Waals surface area contributed by atoms with E-state index in [9.17, 15) is 4.79 Å². The topological polar surface area (TPSA) is 71.2 Å².